The maximum Gasteiger partial charge on any atom is 0.339 e. The Labute approximate surface area is 231 Å². The zero-order chi connectivity index (χ0) is 27.7. The van der Waals surface area contributed by atoms with Crippen molar-refractivity contribution in [3.63, 3.8) is 0 Å². The molecule has 1 amide bonds. The lowest BCUT2D eigenvalue weighted by Crippen LogP contribution is -2.43. The summed E-state index contributed by atoms with van der Waals surface area (Å²) >= 11 is 3.73. The van der Waals surface area contributed by atoms with E-state index in [1.54, 1.807) is 18.2 Å². The summed E-state index contributed by atoms with van der Waals surface area (Å²) in [6.07, 6.45) is -0.503. The van der Waals surface area contributed by atoms with Crippen molar-refractivity contribution >= 4 is 58.7 Å². The lowest BCUT2D eigenvalue weighted by molar-refractivity contribution is -0.139. The second-order valence-electron chi connectivity index (χ2n) is 8.18. The standard InChI is InChI=1S/C26H26N2O7S3/c1-15-4-2-3-5-16(15)13-36-14-22(30)20(11-24(31)32)28-25(33)23-9-7-18(37-23)12-27-38-17-6-8-21(29)19(10-17)26(34)35/h2-10,20,27,29H,11-14H2,1H3,(H,28,33)(H,31,32)(H,34,35). The quantitative estimate of drug-likeness (QED) is 0.176. The molecule has 0 saturated carbocycles. The highest BCUT2D eigenvalue weighted by Gasteiger charge is 2.24. The molecule has 0 bridgehead atoms. The van der Waals surface area contributed by atoms with Gasteiger partial charge in [0.15, 0.2) is 5.78 Å². The molecule has 9 nitrogen and oxygen atoms in total. The number of hydrogen-bond acceptors (Lipinski definition) is 9. The number of carboxylic acid groups (broad SMARTS) is 2. The molecule has 3 aromatic rings. The molecular formula is C26H26N2O7S3. The third-order valence-electron chi connectivity index (χ3n) is 5.36. The van der Waals surface area contributed by atoms with Crippen molar-refractivity contribution < 1.29 is 34.5 Å². The molecule has 1 atom stereocenters. The minimum absolute atomic E-state index is 0.0737. The van der Waals surface area contributed by atoms with Crippen LogP contribution in [0.4, 0.5) is 0 Å². The molecule has 12 heteroatoms. The van der Waals surface area contributed by atoms with E-state index in [2.05, 4.69) is 10.0 Å². The number of benzene rings is 2. The van der Waals surface area contributed by atoms with Gasteiger partial charge in [0.1, 0.15) is 11.3 Å². The van der Waals surface area contributed by atoms with E-state index >= 15 is 0 Å². The second-order valence-corrected chi connectivity index (χ2v) is 11.3. The number of aromatic carboxylic acids is 1. The lowest BCUT2D eigenvalue weighted by atomic mass is 10.1. The average Bonchev–Trinajstić information content (AvgIpc) is 3.34. The number of carboxylic acids is 2. The molecule has 3 rings (SSSR count). The van der Waals surface area contributed by atoms with Crippen molar-refractivity contribution in [3.05, 3.63) is 81.0 Å². The summed E-state index contributed by atoms with van der Waals surface area (Å²) in [5.74, 6) is -2.94. The number of aryl methyl sites for hydroxylation is 1. The third kappa shape index (κ3) is 8.62. The van der Waals surface area contributed by atoms with E-state index in [1.165, 1.54) is 47.2 Å². The van der Waals surface area contributed by atoms with Crippen molar-refractivity contribution in [2.24, 2.45) is 0 Å². The van der Waals surface area contributed by atoms with Crippen LogP contribution in [0.1, 0.15) is 42.5 Å². The Kier molecular flexibility index (Phi) is 10.8. The number of thiophene rings is 1. The SMILES string of the molecule is Cc1ccccc1CSCC(=O)C(CC(=O)O)NC(=O)c1ccc(CNSc2ccc(O)c(C(=O)O)c2)s1. The van der Waals surface area contributed by atoms with Gasteiger partial charge in [-0.25, -0.2) is 4.79 Å². The number of thioether (sulfide) groups is 1. The van der Waals surface area contributed by atoms with Crippen molar-refractivity contribution in [2.75, 3.05) is 5.75 Å². The van der Waals surface area contributed by atoms with Crippen LogP contribution in [0.5, 0.6) is 5.75 Å². The Bertz CT molecular complexity index is 1330. The number of aromatic hydroxyl groups is 1. The monoisotopic (exact) mass is 574 g/mol. The molecular weight excluding hydrogens is 548 g/mol. The Morgan fingerprint density at radius 1 is 1.03 bits per heavy atom. The highest BCUT2D eigenvalue weighted by molar-refractivity contribution is 7.99. The first-order valence-corrected chi connectivity index (χ1v) is 14.1. The van der Waals surface area contributed by atoms with Crippen LogP contribution in [0.2, 0.25) is 0 Å². The summed E-state index contributed by atoms with van der Waals surface area (Å²) in [7, 11) is 0. The maximum absolute atomic E-state index is 12.8. The molecule has 5 N–H and O–H groups in total. The van der Waals surface area contributed by atoms with Crippen molar-refractivity contribution in [3.8, 4) is 5.75 Å². The molecule has 1 aromatic heterocycles. The number of phenols is 1. The van der Waals surface area contributed by atoms with Gasteiger partial charge in [-0.2, -0.15) is 0 Å². The van der Waals surface area contributed by atoms with Crippen LogP contribution in [0.15, 0.2) is 59.5 Å². The zero-order valence-corrected chi connectivity index (χ0v) is 22.8. The molecule has 0 aliphatic carbocycles. The summed E-state index contributed by atoms with van der Waals surface area (Å²) in [4.78, 5) is 49.7. The van der Waals surface area contributed by atoms with E-state index in [-0.39, 0.29) is 22.8 Å². The van der Waals surface area contributed by atoms with Crippen LogP contribution in [0.25, 0.3) is 0 Å². The smallest absolute Gasteiger partial charge is 0.339 e. The molecule has 0 spiro atoms. The number of nitrogens with one attached hydrogen (secondary N) is 2. The van der Waals surface area contributed by atoms with Gasteiger partial charge in [-0.15, -0.1) is 23.1 Å². The normalized spacial score (nSPS) is 11.6. The van der Waals surface area contributed by atoms with Crippen LogP contribution in [0, 0.1) is 6.92 Å². The Morgan fingerprint density at radius 2 is 1.79 bits per heavy atom. The van der Waals surface area contributed by atoms with Crippen molar-refractivity contribution in [1.29, 1.82) is 0 Å². The largest absolute Gasteiger partial charge is 0.507 e. The summed E-state index contributed by atoms with van der Waals surface area (Å²) < 4.78 is 3.07. The maximum atomic E-state index is 12.8. The van der Waals surface area contributed by atoms with Crippen LogP contribution in [0.3, 0.4) is 0 Å². The topological polar surface area (TPSA) is 153 Å². The number of carbonyl (C=O) groups is 4. The van der Waals surface area contributed by atoms with E-state index in [9.17, 15) is 29.4 Å². The van der Waals surface area contributed by atoms with Gasteiger partial charge in [-0.05, 0) is 60.3 Å². The number of ketones is 1. The van der Waals surface area contributed by atoms with Gasteiger partial charge in [-0.3, -0.25) is 19.1 Å². The minimum Gasteiger partial charge on any atom is -0.507 e. The van der Waals surface area contributed by atoms with Gasteiger partial charge in [0.2, 0.25) is 0 Å². The molecule has 200 valence electrons. The van der Waals surface area contributed by atoms with Gasteiger partial charge >= 0.3 is 11.9 Å². The summed E-state index contributed by atoms with van der Waals surface area (Å²) in [6, 6.07) is 14.2. The summed E-state index contributed by atoms with van der Waals surface area (Å²) in [6.45, 7) is 2.34. The highest BCUT2D eigenvalue weighted by atomic mass is 32.2. The third-order valence-corrected chi connectivity index (χ3v) is 8.22. The first-order valence-electron chi connectivity index (χ1n) is 11.4. The number of aliphatic carboxylic acids is 1. The van der Waals surface area contributed by atoms with Gasteiger partial charge < -0.3 is 20.6 Å². The molecule has 0 fully saturated rings. The molecule has 0 radical (unpaired) electrons. The molecule has 38 heavy (non-hydrogen) atoms. The Morgan fingerprint density at radius 3 is 2.50 bits per heavy atom. The van der Waals surface area contributed by atoms with E-state index in [0.717, 1.165) is 16.0 Å². The number of amides is 1. The van der Waals surface area contributed by atoms with E-state index in [4.69, 9.17) is 5.11 Å². The lowest BCUT2D eigenvalue weighted by Gasteiger charge is -2.15. The fourth-order valence-electron chi connectivity index (χ4n) is 3.32. The number of Topliss-reactive ketones (excluding diaryl/α,β-unsaturated/α-hetero) is 1. The molecule has 0 aliphatic rings. The second kappa shape index (κ2) is 14.0. The number of hydrogen-bond donors (Lipinski definition) is 5. The first-order chi connectivity index (χ1) is 18.1. The molecule has 1 heterocycles. The summed E-state index contributed by atoms with van der Waals surface area (Å²) in [5, 5.41) is 30.5. The summed E-state index contributed by atoms with van der Waals surface area (Å²) in [5.41, 5.74) is 2.00. The predicted octanol–water partition coefficient (Wildman–Crippen LogP) is 4.33. The molecule has 0 aliphatic heterocycles. The van der Waals surface area contributed by atoms with Gasteiger partial charge in [0, 0.05) is 22.1 Å². The zero-order valence-electron chi connectivity index (χ0n) is 20.3. The highest BCUT2D eigenvalue weighted by Crippen LogP contribution is 2.25. The predicted molar refractivity (Wildman–Crippen MR) is 148 cm³/mol. The van der Waals surface area contributed by atoms with Crippen LogP contribution in [-0.2, 0) is 21.9 Å². The molecule has 0 saturated heterocycles. The van der Waals surface area contributed by atoms with Crippen molar-refractivity contribution in [1.82, 2.24) is 10.0 Å². The van der Waals surface area contributed by atoms with Crippen LogP contribution >= 0.6 is 35.0 Å². The van der Waals surface area contributed by atoms with Gasteiger partial charge in [0.25, 0.3) is 5.91 Å². The number of carbonyl (C=O) groups excluding carboxylic acids is 2. The van der Waals surface area contributed by atoms with Crippen LogP contribution in [-0.4, -0.2) is 50.7 Å². The van der Waals surface area contributed by atoms with Crippen molar-refractivity contribution in [2.45, 2.75) is 36.6 Å². The Hall–Kier alpha value is -3.32. The van der Waals surface area contributed by atoms with Gasteiger partial charge in [0.05, 0.1) is 23.1 Å². The fourth-order valence-corrected chi connectivity index (χ4v) is 6.02. The number of rotatable bonds is 14. The van der Waals surface area contributed by atoms with E-state index < -0.39 is 30.3 Å². The first kappa shape index (κ1) is 29.2. The van der Waals surface area contributed by atoms with Gasteiger partial charge in [-0.1, -0.05) is 24.3 Å². The molecule has 2 aromatic carbocycles. The van der Waals surface area contributed by atoms with Crippen LogP contribution < -0.4 is 10.0 Å². The fraction of sp³-hybridized carbons (Fsp3) is 0.231. The average molecular weight is 575 g/mol. The van der Waals surface area contributed by atoms with E-state index in [0.29, 0.717) is 22.1 Å². The Balaban J connectivity index is 1.53. The van der Waals surface area contributed by atoms with E-state index in [1.807, 2.05) is 31.2 Å². The minimum atomic E-state index is -1.23. The molecule has 1 unspecified atom stereocenters.